The lowest BCUT2D eigenvalue weighted by molar-refractivity contribution is 0.0627. The van der Waals surface area contributed by atoms with Crippen molar-refractivity contribution in [3.05, 3.63) is 21.3 Å². The summed E-state index contributed by atoms with van der Waals surface area (Å²) in [6.07, 6.45) is 0.943. The molecule has 1 unspecified atom stereocenters. The van der Waals surface area contributed by atoms with Gasteiger partial charge in [-0.15, -0.1) is 11.3 Å². The van der Waals surface area contributed by atoms with Crippen LogP contribution in [0.2, 0.25) is 4.34 Å². The maximum absolute atomic E-state index is 9.51. The van der Waals surface area contributed by atoms with Crippen LogP contribution in [0, 0.1) is 5.41 Å². The Kier molecular flexibility index (Phi) is 4.44. The quantitative estimate of drug-likeness (QED) is 0.895. The van der Waals surface area contributed by atoms with Crippen molar-refractivity contribution in [2.75, 3.05) is 33.4 Å². The van der Waals surface area contributed by atoms with E-state index in [4.69, 9.17) is 16.3 Å². The van der Waals surface area contributed by atoms with Gasteiger partial charge in [0.2, 0.25) is 0 Å². The van der Waals surface area contributed by atoms with Crippen LogP contribution < -0.4 is 0 Å². The monoisotopic (exact) mass is 275 g/mol. The van der Waals surface area contributed by atoms with Gasteiger partial charge in [0.15, 0.2) is 0 Å². The van der Waals surface area contributed by atoms with E-state index < -0.39 is 0 Å². The van der Waals surface area contributed by atoms with Crippen LogP contribution in [0.1, 0.15) is 11.3 Å². The average molecular weight is 276 g/mol. The van der Waals surface area contributed by atoms with E-state index >= 15 is 0 Å². The third-order valence-electron chi connectivity index (χ3n) is 3.18. The average Bonchev–Trinajstić information content (AvgIpc) is 2.89. The molecule has 0 spiro atoms. The molecule has 1 fully saturated rings. The smallest absolute Gasteiger partial charge is 0.0931 e. The molecule has 0 bridgehead atoms. The van der Waals surface area contributed by atoms with Crippen LogP contribution in [0.15, 0.2) is 12.1 Å². The first kappa shape index (κ1) is 13.3. The highest BCUT2D eigenvalue weighted by molar-refractivity contribution is 7.16. The first-order chi connectivity index (χ1) is 8.13. The largest absolute Gasteiger partial charge is 0.396 e. The predicted octanol–water partition coefficient (Wildman–Crippen LogP) is 2.23. The van der Waals surface area contributed by atoms with Gasteiger partial charge in [0.05, 0.1) is 17.6 Å². The number of thiophene rings is 1. The number of hydrogen-bond acceptors (Lipinski definition) is 4. The number of nitrogens with zero attached hydrogens (tertiary/aromatic N) is 1. The van der Waals surface area contributed by atoms with E-state index in [0.717, 1.165) is 30.5 Å². The third kappa shape index (κ3) is 3.42. The molecule has 0 amide bonds. The van der Waals surface area contributed by atoms with Crippen molar-refractivity contribution < 1.29 is 9.84 Å². The molecule has 2 heterocycles. The Morgan fingerprint density at radius 2 is 2.41 bits per heavy atom. The van der Waals surface area contributed by atoms with E-state index in [1.54, 1.807) is 11.3 Å². The Balaban J connectivity index is 1.90. The molecule has 0 aromatic carbocycles. The van der Waals surface area contributed by atoms with Crippen molar-refractivity contribution in [1.29, 1.82) is 0 Å². The minimum atomic E-state index is -0.0736. The minimum absolute atomic E-state index is 0.0736. The molecule has 2 rings (SSSR count). The maximum atomic E-state index is 9.51. The van der Waals surface area contributed by atoms with Crippen LogP contribution in [-0.4, -0.2) is 43.4 Å². The normalized spacial score (nSPS) is 24.7. The van der Waals surface area contributed by atoms with Gasteiger partial charge in [0.1, 0.15) is 0 Å². The molecule has 0 saturated carbocycles. The first-order valence-electron chi connectivity index (χ1n) is 5.75. The lowest BCUT2D eigenvalue weighted by Crippen LogP contribution is -2.38. The van der Waals surface area contributed by atoms with Crippen LogP contribution in [0.4, 0.5) is 0 Å². The molecule has 96 valence electrons. The van der Waals surface area contributed by atoms with E-state index in [1.807, 2.05) is 6.07 Å². The summed E-state index contributed by atoms with van der Waals surface area (Å²) in [6, 6.07) is 3.98. The number of aliphatic hydroxyl groups excluding tert-OH is 1. The topological polar surface area (TPSA) is 32.7 Å². The van der Waals surface area contributed by atoms with E-state index in [-0.39, 0.29) is 12.0 Å². The summed E-state index contributed by atoms with van der Waals surface area (Å²) in [7, 11) is 2.07. The highest BCUT2D eigenvalue weighted by Crippen LogP contribution is 2.30. The maximum Gasteiger partial charge on any atom is 0.0931 e. The highest BCUT2D eigenvalue weighted by Gasteiger charge is 2.35. The minimum Gasteiger partial charge on any atom is -0.396 e. The standard InChI is InChI=1S/C12H18ClNO2S/c1-14(6-10-2-3-11(13)17-10)7-12(8-15)4-5-16-9-12/h2-3,15H,4-9H2,1H3. The van der Waals surface area contributed by atoms with Gasteiger partial charge in [-0.25, -0.2) is 0 Å². The van der Waals surface area contributed by atoms with E-state index in [0.29, 0.717) is 6.61 Å². The zero-order valence-corrected chi connectivity index (χ0v) is 11.6. The van der Waals surface area contributed by atoms with Gasteiger partial charge < -0.3 is 14.7 Å². The van der Waals surface area contributed by atoms with Gasteiger partial charge in [-0.3, -0.25) is 0 Å². The Bertz CT molecular complexity index is 363. The predicted molar refractivity (Wildman–Crippen MR) is 70.6 cm³/mol. The highest BCUT2D eigenvalue weighted by atomic mass is 35.5. The Hall–Kier alpha value is -0.130. The molecule has 3 nitrogen and oxygen atoms in total. The first-order valence-corrected chi connectivity index (χ1v) is 6.94. The van der Waals surface area contributed by atoms with Crippen molar-refractivity contribution in [2.24, 2.45) is 5.41 Å². The van der Waals surface area contributed by atoms with Gasteiger partial charge >= 0.3 is 0 Å². The zero-order chi connectivity index (χ0) is 12.3. The van der Waals surface area contributed by atoms with Gasteiger partial charge in [0, 0.05) is 30.0 Å². The molecule has 1 saturated heterocycles. The second kappa shape index (κ2) is 5.67. The Morgan fingerprint density at radius 3 is 2.94 bits per heavy atom. The van der Waals surface area contributed by atoms with Crippen LogP contribution >= 0.6 is 22.9 Å². The van der Waals surface area contributed by atoms with E-state index in [1.165, 1.54) is 4.88 Å². The van der Waals surface area contributed by atoms with Crippen LogP contribution in [0.5, 0.6) is 0 Å². The van der Waals surface area contributed by atoms with Crippen molar-refractivity contribution in [3.8, 4) is 0 Å². The Morgan fingerprint density at radius 1 is 1.59 bits per heavy atom. The fourth-order valence-electron chi connectivity index (χ4n) is 2.28. The Labute approximate surface area is 111 Å². The number of aliphatic hydroxyl groups is 1. The van der Waals surface area contributed by atoms with Crippen LogP contribution in [0.25, 0.3) is 0 Å². The number of hydrogen-bond donors (Lipinski definition) is 1. The lowest BCUT2D eigenvalue weighted by atomic mass is 9.88. The summed E-state index contributed by atoms with van der Waals surface area (Å²) < 4.78 is 6.23. The molecular formula is C12H18ClNO2S. The summed E-state index contributed by atoms with van der Waals surface area (Å²) >= 11 is 7.52. The van der Waals surface area contributed by atoms with E-state index in [2.05, 4.69) is 18.0 Å². The van der Waals surface area contributed by atoms with E-state index in [9.17, 15) is 5.11 Å². The lowest BCUT2D eigenvalue weighted by Gasteiger charge is -2.30. The molecular weight excluding hydrogens is 258 g/mol. The summed E-state index contributed by atoms with van der Waals surface area (Å²) in [5, 5.41) is 9.51. The number of ether oxygens (including phenoxy) is 1. The summed E-state index contributed by atoms with van der Waals surface area (Å²) in [6.45, 7) is 3.36. The second-order valence-electron chi connectivity index (χ2n) is 4.84. The molecule has 1 aliphatic heterocycles. The number of rotatable bonds is 5. The SMILES string of the molecule is CN(Cc1ccc(Cl)s1)CC1(CO)CCOC1. The molecule has 17 heavy (non-hydrogen) atoms. The molecule has 0 radical (unpaired) electrons. The molecule has 0 aliphatic carbocycles. The van der Waals surface area contributed by atoms with Crippen LogP contribution in [0.3, 0.4) is 0 Å². The van der Waals surface area contributed by atoms with Gasteiger partial charge in [-0.05, 0) is 25.6 Å². The van der Waals surface area contributed by atoms with Crippen LogP contribution in [-0.2, 0) is 11.3 Å². The summed E-state index contributed by atoms with van der Waals surface area (Å²) in [4.78, 5) is 3.48. The van der Waals surface area contributed by atoms with Gasteiger partial charge in [-0.2, -0.15) is 0 Å². The molecule has 1 atom stereocenters. The molecule has 5 heteroatoms. The second-order valence-corrected chi connectivity index (χ2v) is 6.64. The van der Waals surface area contributed by atoms with Crippen molar-refractivity contribution in [3.63, 3.8) is 0 Å². The zero-order valence-electron chi connectivity index (χ0n) is 9.99. The third-order valence-corrected chi connectivity index (χ3v) is 4.40. The fourth-order valence-corrected chi connectivity index (χ4v) is 3.45. The molecule has 1 aromatic rings. The summed E-state index contributed by atoms with van der Waals surface area (Å²) in [5.41, 5.74) is -0.0736. The fraction of sp³-hybridized carbons (Fsp3) is 0.667. The number of halogens is 1. The molecule has 1 aromatic heterocycles. The van der Waals surface area contributed by atoms with Crippen molar-refractivity contribution >= 4 is 22.9 Å². The van der Waals surface area contributed by atoms with Gasteiger partial charge in [0.25, 0.3) is 0 Å². The molecule has 1 aliphatic rings. The van der Waals surface area contributed by atoms with Gasteiger partial charge in [-0.1, -0.05) is 11.6 Å². The summed E-state index contributed by atoms with van der Waals surface area (Å²) in [5.74, 6) is 0. The van der Waals surface area contributed by atoms with Crippen molar-refractivity contribution in [2.45, 2.75) is 13.0 Å². The molecule has 1 N–H and O–H groups in total. The van der Waals surface area contributed by atoms with Crippen molar-refractivity contribution in [1.82, 2.24) is 4.90 Å².